The van der Waals surface area contributed by atoms with Gasteiger partial charge in [0.15, 0.2) is 0 Å². The molecule has 0 saturated carbocycles. The Labute approximate surface area is 200 Å². The summed E-state index contributed by atoms with van der Waals surface area (Å²) in [5, 5.41) is 19.9. The maximum Gasteiger partial charge on any atom is 0.326 e. The van der Waals surface area contributed by atoms with Crippen LogP contribution in [0.15, 0.2) is 12.5 Å². The molecule has 0 bridgehead atoms. The number of carbonyl (C=O) groups excluding carboxylic acids is 4. The third-order valence-corrected chi connectivity index (χ3v) is 5.90. The van der Waals surface area contributed by atoms with Gasteiger partial charge in [0.1, 0.15) is 18.1 Å². The number of H-pyrrole nitrogens is 1. The van der Waals surface area contributed by atoms with E-state index < -0.39 is 54.3 Å². The maximum atomic E-state index is 13.1. The minimum atomic E-state index is -1.52. The first-order valence-electron chi connectivity index (χ1n) is 10.8. The lowest BCUT2D eigenvalue weighted by Crippen LogP contribution is -2.58. The molecule has 1 aliphatic heterocycles. The number of carbonyl (C=O) groups is 5. The number of nitrogens with one attached hydrogen (secondary N) is 5. The van der Waals surface area contributed by atoms with E-state index in [-0.39, 0.29) is 18.7 Å². The zero-order valence-electron chi connectivity index (χ0n) is 18.8. The van der Waals surface area contributed by atoms with E-state index >= 15 is 0 Å². The molecule has 0 aromatic carbocycles. The highest BCUT2D eigenvalue weighted by atomic mass is 32.2. The largest absolute Gasteiger partial charge is 0.480 e. The SMILES string of the molecule is CSCCC(NC(=O)C(Cc1cnc[nH]1)NC(=O)C1CCCN1)C(=O)NC(CC(N)=O)C(=O)O. The number of thioether (sulfide) groups is 1. The normalized spacial score (nSPS) is 17.9. The lowest BCUT2D eigenvalue weighted by atomic mass is 10.1. The van der Waals surface area contributed by atoms with E-state index in [1.165, 1.54) is 24.3 Å². The highest BCUT2D eigenvalue weighted by Crippen LogP contribution is 2.08. The lowest BCUT2D eigenvalue weighted by Gasteiger charge is -2.25. The Hall–Kier alpha value is -3.13. The summed E-state index contributed by atoms with van der Waals surface area (Å²) in [6.07, 6.45) is 6.03. The average molecular weight is 498 g/mol. The molecule has 0 aliphatic carbocycles. The van der Waals surface area contributed by atoms with Gasteiger partial charge in [-0.2, -0.15) is 11.8 Å². The van der Waals surface area contributed by atoms with Gasteiger partial charge in [0.2, 0.25) is 23.6 Å². The Kier molecular flexibility index (Phi) is 10.8. The molecule has 1 fully saturated rings. The summed E-state index contributed by atoms with van der Waals surface area (Å²) in [5.74, 6) is -3.51. The van der Waals surface area contributed by atoms with Gasteiger partial charge in [-0.05, 0) is 37.8 Å². The standard InChI is InChI=1S/C20H31N7O6S/c1-34-6-4-13(18(30)27-15(20(32)33)8-16(21)28)25-19(31)14(7-11-9-22-10-24-11)26-17(29)12-3-2-5-23-12/h9-10,12-15,23H,2-8H2,1H3,(H2,21,28)(H,22,24)(H,25,31)(H,26,29)(H,27,30)(H,32,33). The van der Waals surface area contributed by atoms with Gasteiger partial charge in [-0.1, -0.05) is 0 Å². The number of rotatable bonds is 14. The number of aromatic nitrogens is 2. The Bertz CT molecular complexity index is 860. The van der Waals surface area contributed by atoms with Crippen molar-refractivity contribution in [3.8, 4) is 0 Å². The summed E-state index contributed by atoms with van der Waals surface area (Å²) in [6, 6.07) is -4.01. The molecule has 34 heavy (non-hydrogen) atoms. The Morgan fingerprint density at radius 1 is 1.18 bits per heavy atom. The second kappa shape index (κ2) is 13.5. The summed E-state index contributed by atoms with van der Waals surface area (Å²) in [4.78, 5) is 67.9. The molecule has 188 valence electrons. The summed E-state index contributed by atoms with van der Waals surface area (Å²) < 4.78 is 0. The van der Waals surface area contributed by atoms with E-state index in [4.69, 9.17) is 5.73 Å². The molecule has 13 nitrogen and oxygen atoms in total. The van der Waals surface area contributed by atoms with E-state index in [0.717, 1.165) is 6.42 Å². The fourth-order valence-electron chi connectivity index (χ4n) is 3.46. The molecule has 1 aromatic heterocycles. The molecule has 4 amide bonds. The first-order chi connectivity index (χ1) is 16.2. The number of carboxylic acids is 1. The van der Waals surface area contributed by atoms with Crippen LogP contribution < -0.4 is 27.0 Å². The number of aromatic amines is 1. The quantitative estimate of drug-likeness (QED) is 0.149. The molecule has 0 spiro atoms. The number of primary amides is 1. The monoisotopic (exact) mass is 497 g/mol. The van der Waals surface area contributed by atoms with Crippen molar-refractivity contribution in [2.75, 3.05) is 18.6 Å². The van der Waals surface area contributed by atoms with Crippen molar-refractivity contribution in [3.05, 3.63) is 18.2 Å². The van der Waals surface area contributed by atoms with Gasteiger partial charge in [-0.3, -0.25) is 19.2 Å². The van der Waals surface area contributed by atoms with Crippen LogP contribution >= 0.6 is 11.8 Å². The fourth-order valence-corrected chi connectivity index (χ4v) is 3.93. The van der Waals surface area contributed by atoms with Crippen LogP contribution in [0.4, 0.5) is 0 Å². The van der Waals surface area contributed by atoms with E-state index in [1.54, 1.807) is 0 Å². The number of aliphatic carboxylic acids is 1. The highest BCUT2D eigenvalue weighted by molar-refractivity contribution is 7.98. The van der Waals surface area contributed by atoms with Crippen LogP contribution in [0.3, 0.4) is 0 Å². The second-order valence-electron chi connectivity index (χ2n) is 7.90. The summed E-state index contributed by atoms with van der Waals surface area (Å²) in [7, 11) is 0. The molecular formula is C20H31N7O6S. The van der Waals surface area contributed by atoms with E-state index in [2.05, 4.69) is 31.2 Å². The van der Waals surface area contributed by atoms with Crippen molar-refractivity contribution in [1.29, 1.82) is 0 Å². The van der Waals surface area contributed by atoms with Crippen LogP contribution in [-0.2, 0) is 30.4 Å². The number of amides is 4. The summed E-state index contributed by atoms with van der Waals surface area (Å²) in [5.41, 5.74) is 5.67. The van der Waals surface area contributed by atoms with Crippen molar-refractivity contribution in [3.63, 3.8) is 0 Å². The predicted molar refractivity (Wildman–Crippen MR) is 124 cm³/mol. The smallest absolute Gasteiger partial charge is 0.326 e. The van der Waals surface area contributed by atoms with Gasteiger partial charge in [0, 0.05) is 18.3 Å². The van der Waals surface area contributed by atoms with Crippen molar-refractivity contribution < 1.29 is 29.1 Å². The van der Waals surface area contributed by atoms with E-state index in [0.29, 0.717) is 24.4 Å². The molecule has 8 N–H and O–H groups in total. The van der Waals surface area contributed by atoms with Crippen LogP contribution in [-0.4, -0.2) is 87.4 Å². The van der Waals surface area contributed by atoms with Crippen molar-refractivity contribution in [2.24, 2.45) is 5.73 Å². The average Bonchev–Trinajstić information content (AvgIpc) is 3.49. The second-order valence-corrected chi connectivity index (χ2v) is 8.89. The zero-order chi connectivity index (χ0) is 25.1. The molecule has 14 heteroatoms. The summed E-state index contributed by atoms with van der Waals surface area (Å²) >= 11 is 1.44. The van der Waals surface area contributed by atoms with Gasteiger partial charge < -0.3 is 37.1 Å². The molecule has 4 atom stereocenters. The van der Waals surface area contributed by atoms with E-state index in [9.17, 15) is 29.1 Å². The van der Waals surface area contributed by atoms with Gasteiger partial charge in [-0.15, -0.1) is 0 Å². The van der Waals surface area contributed by atoms with Gasteiger partial charge >= 0.3 is 5.97 Å². The zero-order valence-corrected chi connectivity index (χ0v) is 19.7. The molecule has 0 radical (unpaired) electrons. The third kappa shape index (κ3) is 8.67. The number of carboxylic acid groups (broad SMARTS) is 1. The molecule has 1 aromatic rings. The topological polar surface area (TPSA) is 208 Å². The minimum absolute atomic E-state index is 0.112. The Morgan fingerprint density at radius 3 is 2.44 bits per heavy atom. The lowest BCUT2D eigenvalue weighted by molar-refractivity contribution is -0.143. The number of imidazole rings is 1. The molecule has 1 aliphatic rings. The van der Waals surface area contributed by atoms with Crippen LogP contribution in [0, 0.1) is 0 Å². The van der Waals surface area contributed by atoms with Crippen LogP contribution in [0.5, 0.6) is 0 Å². The number of nitrogens with zero attached hydrogens (tertiary/aromatic N) is 1. The van der Waals surface area contributed by atoms with Gasteiger partial charge in [0.05, 0.1) is 18.8 Å². The molecule has 2 rings (SSSR count). The van der Waals surface area contributed by atoms with Gasteiger partial charge in [0.25, 0.3) is 0 Å². The first kappa shape index (κ1) is 27.1. The van der Waals surface area contributed by atoms with Crippen LogP contribution in [0.25, 0.3) is 0 Å². The number of hydrogen-bond acceptors (Lipinski definition) is 8. The number of hydrogen-bond donors (Lipinski definition) is 7. The van der Waals surface area contributed by atoms with Crippen molar-refractivity contribution >= 4 is 41.4 Å². The Balaban J connectivity index is 2.13. The maximum absolute atomic E-state index is 13.1. The predicted octanol–water partition coefficient (Wildman–Crippen LogP) is -2.13. The third-order valence-electron chi connectivity index (χ3n) is 5.25. The van der Waals surface area contributed by atoms with Crippen LogP contribution in [0.2, 0.25) is 0 Å². The van der Waals surface area contributed by atoms with Gasteiger partial charge in [-0.25, -0.2) is 9.78 Å². The molecule has 2 heterocycles. The Morgan fingerprint density at radius 2 is 1.88 bits per heavy atom. The molecular weight excluding hydrogens is 466 g/mol. The van der Waals surface area contributed by atoms with Crippen molar-refractivity contribution in [2.45, 2.75) is 56.3 Å². The highest BCUT2D eigenvalue weighted by Gasteiger charge is 2.32. The number of nitrogens with two attached hydrogens (primary N) is 1. The molecule has 4 unspecified atom stereocenters. The first-order valence-corrected chi connectivity index (χ1v) is 12.2. The van der Waals surface area contributed by atoms with Crippen molar-refractivity contribution in [1.82, 2.24) is 31.2 Å². The molecule has 1 saturated heterocycles. The minimum Gasteiger partial charge on any atom is -0.480 e. The summed E-state index contributed by atoms with van der Waals surface area (Å²) in [6.45, 7) is 0.711. The van der Waals surface area contributed by atoms with E-state index in [1.807, 2.05) is 6.26 Å². The van der Waals surface area contributed by atoms with Crippen LogP contribution in [0.1, 0.15) is 31.4 Å². The fraction of sp³-hybridized carbons (Fsp3) is 0.600.